The predicted octanol–water partition coefficient (Wildman–Crippen LogP) is 5.59. The number of hydrogen-bond acceptors (Lipinski definition) is 3. The van der Waals surface area contributed by atoms with E-state index >= 15 is 0 Å². The van der Waals surface area contributed by atoms with Gasteiger partial charge in [0.2, 0.25) is 5.91 Å². The first kappa shape index (κ1) is 20.7. The third-order valence-electron chi connectivity index (χ3n) is 4.33. The van der Waals surface area contributed by atoms with Gasteiger partial charge in [-0.1, -0.05) is 74.7 Å². The summed E-state index contributed by atoms with van der Waals surface area (Å²) in [4.78, 5) is 23.9. The number of benzene rings is 2. The molecule has 144 valence electrons. The lowest BCUT2D eigenvalue weighted by atomic mass is 10.0. The number of esters is 1. The van der Waals surface area contributed by atoms with Crippen LogP contribution in [0.4, 0.5) is 5.69 Å². The van der Waals surface area contributed by atoms with E-state index in [9.17, 15) is 9.59 Å². The van der Waals surface area contributed by atoms with E-state index in [0.717, 1.165) is 36.1 Å². The monoisotopic (exact) mass is 367 g/mol. The maximum Gasteiger partial charge on any atom is 0.305 e. The Morgan fingerprint density at radius 1 is 0.852 bits per heavy atom. The Balaban J connectivity index is 1.74. The van der Waals surface area contributed by atoms with Crippen molar-refractivity contribution in [3.8, 4) is 11.1 Å². The molecule has 27 heavy (non-hydrogen) atoms. The summed E-state index contributed by atoms with van der Waals surface area (Å²) in [7, 11) is 0. The summed E-state index contributed by atoms with van der Waals surface area (Å²) in [6, 6.07) is 17.7. The first-order chi connectivity index (χ1) is 13.2. The van der Waals surface area contributed by atoms with Crippen molar-refractivity contribution in [3.05, 3.63) is 54.6 Å². The van der Waals surface area contributed by atoms with E-state index in [4.69, 9.17) is 4.74 Å². The molecule has 2 rings (SSSR count). The van der Waals surface area contributed by atoms with Crippen molar-refractivity contribution < 1.29 is 14.3 Å². The molecule has 0 radical (unpaired) electrons. The number of nitrogens with one attached hydrogen (secondary N) is 1. The van der Waals surface area contributed by atoms with Crippen molar-refractivity contribution in [1.82, 2.24) is 0 Å². The molecule has 0 aliphatic heterocycles. The highest BCUT2D eigenvalue weighted by atomic mass is 16.5. The van der Waals surface area contributed by atoms with Gasteiger partial charge in [-0.3, -0.25) is 9.59 Å². The first-order valence-electron chi connectivity index (χ1n) is 9.80. The number of unbranched alkanes of at least 4 members (excludes halogenated alkanes) is 3. The standard InChI is InChI=1S/C23H29NO3/c1-2-3-4-10-18-27-23(26)17-11-16-22(25)24-21-15-9-8-14-20(21)19-12-6-5-7-13-19/h5-9,12-15H,2-4,10-11,16-18H2,1H3,(H,24,25). The van der Waals surface area contributed by atoms with Gasteiger partial charge in [0.15, 0.2) is 0 Å². The number of para-hydroxylation sites is 1. The van der Waals surface area contributed by atoms with Gasteiger partial charge in [0.1, 0.15) is 0 Å². The van der Waals surface area contributed by atoms with E-state index in [-0.39, 0.29) is 18.3 Å². The summed E-state index contributed by atoms with van der Waals surface area (Å²) in [5, 5.41) is 2.96. The minimum absolute atomic E-state index is 0.0888. The molecule has 4 nitrogen and oxygen atoms in total. The van der Waals surface area contributed by atoms with Gasteiger partial charge in [-0.15, -0.1) is 0 Å². The molecule has 0 spiro atoms. The second-order valence-corrected chi connectivity index (χ2v) is 6.59. The van der Waals surface area contributed by atoms with E-state index in [1.54, 1.807) is 0 Å². The molecular weight excluding hydrogens is 338 g/mol. The van der Waals surface area contributed by atoms with Crippen molar-refractivity contribution in [2.24, 2.45) is 0 Å². The van der Waals surface area contributed by atoms with Crippen LogP contribution in [0.15, 0.2) is 54.6 Å². The fourth-order valence-corrected chi connectivity index (χ4v) is 2.85. The Bertz CT molecular complexity index is 713. The van der Waals surface area contributed by atoms with Crippen LogP contribution in [0.2, 0.25) is 0 Å². The Kier molecular flexibility index (Phi) is 9.11. The third kappa shape index (κ3) is 7.65. The molecule has 4 heteroatoms. The second-order valence-electron chi connectivity index (χ2n) is 6.59. The van der Waals surface area contributed by atoms with Crippen molar-refractivity contribution in [2.45, 2.75) is 51.9 Å². The molecular formula is C23H29NO3. The van der Waals surface area contributed by atoms with Crippen LogP contribution in [0, 0.1) is 0 Å². The van der Waals surface area contributed by atoms with E-state index in [2.05, 4.69) is 12.2 Å². The lowest BCUT2D eigenvalue weighted by Gasteiger charge is -2.11. The third-order valence-corrected chi connectivity index (χ3v) is 4.33. The molecule has 0 aliphatic rings. The van der Waals surface area contributed by atoms with Gasteiger partial charge in [-0.25, -0.2) is 0 Å². The largest absolute Gasteiger partial charge is 0.466 e. The number of anilines is 1. The van der Waals surface area contributed by atoms with E-state index < -0.39 is 0 Å². The smallest absolute Gasteiger partial charge is 0.305 e. The summed E-state index contributed by atoms with van der Waals surface area (Å²) in [5.74, 6) is -0.307. The number of hydrogen-bond donors (Lipinski definition) is 1. The molecule has 2 aromatic carbocycles. The normalized spacial score (nSPS) is 10.4. The fraction of sp³-hybridized carbons (Fsp3) is 0.391. The van der Waals surface area contributed by atoms with Crippen molar-refractivity contribution in [2.75, 3.05) is 11.9 Å². The lowest BCUT2D eigenvalue weighted by Crippen LogP contribution is -2.13. The van der Waals surface area contributed by atoms with Crippen LogP contribution in [-0.4, -0.2) is 18.5 Å². The summed E-state index contributed by atoms with van der Waals surface area (Å²) >= 11 is 0. The molecule has 0 aliphatic carbocycles. The van der Waals surface area contributed by atoms with E-state index in [0.29, 0.717) is 19.4 Å². The molecule has 0 fully saturated rings. The van der Waals surface area contributed by atoms with Crippen molar-refractivity contribution in [3.63, 3.8) is 0 Å². The van der Waals surface area contributed by atoms with Gasteiger partial charge < -0.3 is 10.1 Å². The molecule has 2 aromatic rings. The predicted molar refractivity (Wildman–Crippen MR) is 109 cm³/mol. The summed E-state index contributed by atoms with van der Waals surface area (Å²) in [5.41, 5.74) is 2.82. The highest BCUT2D eigenvalue weighted by Crippen LogP contribution is 2.27. The van der Waals surface area contributed by atoms with Gasteiger partial charge >= 0.3 is 5.97 Å². The Morgan fingerprint density at radius 3 is 2.37 bits per heavy atom. The van der Waals surface area contributed by atoms with Gasteiger partial charge in [-0.05, 0) is 24.5 Å². The zero-order valence-corrected chi connectivity index (χ0v) is 16.1. The zero-order valence-electron chi connectivity index (χ0n) is 16.1. The summed E-state index contributed by atoms with van der Waals surface area (Å²) in [6.07, 6.45) is 5.41. The van der Waals surface area contributed by atoms with Crippen LogP contribution in [0.1, 0.15) is 51.9 Å². The first-order valence-corrected chi connectivity index (χ1v) is 9.80. The molecule has 0 bridgehead atoms. The van der Waals surface area contributed by atoms with Crippen LogP contribution in [0.3, 0.4) is 0 Å². The second kappa shape index (κ2) is 11.9. The molecule has 1 N–H and O–H groups in total. The molecule has 0 heterocycles. The quantitative estimate of drug-likeness (QED) is 0.416. The van der Waals surface area contributed by atoms with Crippen LogP contribution in [0.5, 0.6) is 0 Å². The molecule has 0 saturated heterocycles. The summed E-state index contributed by atoms with van der Waals surface area (Å²) in [6.45, 7) is 2.63. The topological polar surface area (TPSA) is 55.4 Å². The molecule has 0 atom stereocenters. The van der Waals surface area contributed by atoms with Crippen LogP contribution < -0.4 is 5.32 Å². The summed E-state index contributed by atoms with van der Waals surface area (Å²) < 4.78 is 5.19. The zero-order chi connectivity index (χ0) is 19.3. The van der Waals surface area contributed by atoms with Gasteiger partial charge in [0, 0.05) is 24.1 Å². The number of carbonyl (C=O) groups excluding carboxylic acids is 2. The molecule has 0 aromatic heterocycles. The molecule has 0 unspecified atom stereocenters. The minimum Gasteiger partial charge on any atom is -0.466 e. The number of rotatable bonds is 11. The molecule has 0 saturated carbocycles. The Hall–Kier alpha value is -2.62. The average molecular weight is 367 g/mol. The maximum absolute atomic E-state index is 12.2. The lowest BCUT2D eigenvalue weighted by molar-refractivity contribution is -0.143. The van der Waals surface area contributed by atoms with Gasteiger partial charge in [0.25, 0.3) is 0 Å². The van der Waals surface area contributed by atoms with Crippen molar-refractivity contribution in [1.29, 1.82) is 0 Å². The Labute approximate surface area is 161 Å². The number of carbonyl (C=O) groups is 2. The molecule has 1 amide bonds. The number of amides is 1. The van der Waals surface area contributed by atoms with Crippen LogP contribution in [0.25, 0.3) is 11.1 Å². The maximum atomic E-state index is 12.2. The van der Waals surface area contributed by atoms with Gasteiger partial charge in [-0.2, -0.15) is 0 Å². The Morgan fingerprint density at radius 2 is 1.59 bits per heavy atom. The van der Waals surface area contributed by atoms with E-state index in [1.807, 2.05) is 54.6 Å². The van der Waals surface area contributed by atoms with Crippen LogP contribution >= 0.6 is 0 Å². The minimum atomic E-state index is -0.219. The SMILES string of the molecule is CCCCCCOC(=O)CCCC(=O)Nc1ccccc1-c1ccccc1. The van der Waals surface area contributed by atoms with Crippen LogP contribution in [-0.2, 0) is 14.3 Å². The fourth-order valence-electron chi connectivity index (χ4n) is 2.85. The number of ether oxygens (including phenoxy) is 1. The highest BCUT2D eigenvalue weighted by Gasteiger charge is 2.09. The highest BCUT2D eigenvalue weighted by molar-refractivity contribution is 5.95. The van der Waals surface area contributed by atoms with E-state index in [1.165, 1.54) is 6.42 Å². The van der Waals surface area contributed by atoms with Gasteiger partial charge in [0.05, 0.1) is 6.61 Å². The van der Waals surface area contributed by atoms with Crippen molar-refractivity contribution >= 4 is 17.6 Å². The average Bonchev–Trinajstić information content (AvgIpc) is 2.69.